The summed E-state index contributed by atoms with van der Waals surface area (Å²) in [6.45, 7) is 0. The van der Waals surface area contributed by atoms with E-state index in [2.05, 4.69) is 4.74 Å². The number of ether oxygens (including phenoxy) is 2. The van der Waals surface area contributed by atoms with Crippen LogP contribution in [0, 0.1) is 0 Å². The SMILES string of the molecule is COC(=O)C[C@H](O)c1ccc(O)cc1OC. The number of esters is 1. The van der Waals surface area contributed by atoms with Crippen molar-refractivity contribution in [2.75, 3.05) is 14.2 Å². The maximum atomic E-state index is 11.0. The Morgan fingerprint density at radius 2 is 2.12 bits per heavy atom. The monoisotopic (exact) mass is 226 g/mol. The molecule has 0 aliphatic carbocycles. The topological polar surface area (TPSA) is 76.0 Å². The van der Waals surface area contributed by atoms with Crippen LogP contribution < -0.4 is 4.74 Å². The van der Waals surface area contributed by atoms with Gasteiger partial charge in [-0.15, -0.1) is 0 Å². The average Bonchev–Trinajstić information content (AvgIpc) is 2.28. The Labute approximate surface area is 93.2 Å². The van der Waals surface area contributed by atoms with Gasteiger partial charge in [0.05, 0.1) is 26.7 Å². The standard InChI is InChI=1S/C11H14O5/c1-15-10-5-7(12)3-4-8(10)9(13)6-11(14)16-2/h3-5,9,12-13H,6H2,1-2H3/t9-/m0/s1. The van der Waals surface area contributed by atoms with Gasteiger partial charge >= 0.3 is 5.97 Å². The summed E-state index contributed by atoms with van der Waals surface area (Å²) < 4.78 is 9.44. The van der Waals surface area contributed by atoms with Gasteiger partial charge in [-0.1, -0.05) is 0 Å². The predicted octanol–water partition coefficient (Wildman–Crippen LogP) is 0.997. The highest BCUT2D eigenvalue weighted by atomic mass is 16.5. The van der Waals surface area contributed by atoms with Crippen molar-refractivity contribution in [1.29, 1.82) is 0 Å². The zero-order chi connectivity index (χ0) is 12.1. The second-order valence-electron chi connectivity index (χ2n) is 3.22. The zero-order valence-electron chi connectivity index (χ0n) is 9.14. The van der Waals surface area contributed by atoms with E-state index in [9.17, 15) is 15.0 Å². The molecule has 5 nitrogen and oxygen atoms in total. The second kappa shape index (κ2) is 5.37. The number of methoxy groups -OCH3 is 2. The molecule has 1 aromatic carbocycles. The smallest absolute Gasteiger partial charge is 0.308 e. The summed E-state index contributed by atoms with van der Waals surface area (Å²) >= 11 is 0. The number of aliphatic hydroxyl groups is 1. The number of hydrogen-bond donors (Lipinski definition) is 2. The Kier molecular flexibility index (Phi) is 4.13. The van der Waals surface area contributed by atoms with E-state index >= 15 is 0 Å². The third kappa shape index (κ3) is 2.87. The summed E-state index contributed by atoms with van der Waals surface area (Å²) in [5.74, 6) is -0.148. The molecule has 0 heterocycles. The fourth-order valence-corrected chi connectivity index (χ4v) is 1.33. The molecule has 0 unspecified atom stereocenters. The molecule has 1 rings (SSSR count). The van der Waals surface area contributed by atoms with Crippen LogP contribution in [0.4, 0.5) is 0 Å². The first-order chi connectivity index (χ1) is 7.58. The lowest BCUT2D eigenvalue weighted by Crippen LogP contribution is -2.09. The number of aromatic hydroxyl groups is 1. The van der Waals surface area contributed by atoms with Gasteiger partial charge in [-0.2, -0.15) is 0 Å². The first-order valence-electron chi connectivity index (χ1n) is 4.70. The summed E-state index contributed by atoms with van der Waals surface area (Å²) in [5, 5.41) is 19.0. The van der Waals surface area contributed by atoms with Gasteiger partial charge in [-0.25, -0.2) is 0 Å². The number of hydrogen-bond acceptors (Lipinski definition) is 5. The van der Waals surface area contributed by atoms with Crippen LogP contribution in [0.3, 0.4) is 0 Å². The maximum Gasteiger partial charge on any atom is 0.308 e. The Morgan fingerprint density at radius 3 is 2.69 bits per heavy atom. The molecule has 0 fully saturated rings. The van der Waals surface area contributed by atoms with Crippen LogP contribution in [-0.4, -0.2) is 30.4 Å². The minimum absolute atomic E-state index is 0.0332. The van der Waals surface area contributed by atoms with Gasteiger partial charge in [0.2, 0.25) is 0 Å². The Bertz CT molecular complexity index is 375. The van der Waals surface area contributed by atoms with Gasteiger partial charge in [0.1, 0.15) is 11.5 Å². The summed E-state index contributed by atoms with van der Waals surface area (Å²) in [7, 11) is 2.67. The van der Waals surface area contributed by atoms with E-state index in [-0.39, 0.29) is 12.2 Å². The molecule has 88 valence electrons. The van der Waals surface area contributed by atoms with Gasteiger partial charge in [-0.3, -0.25) is 4.79 Å². The molecular weight excluding hydrogens is 212 g/mol. The number of benzene rings is 1. The van der Waals surface area contributed by atoms with E-state index in [4.69, 9.17) is 4.74 Å². The Balaban J connectivity index is 2.90. The van der Waals surface area contributed by atoms with Gasteiger partial charge in [0.15, 0.2) is 0 Å². The molecule has 0 saturated carbocycles. The van der Waals surface area contributed by atoms with Crippen LogP contribution in [0.25, 0.3) is 0 Å². The Morgan fingerprint density at radius 1 is 1.44 bits per heavy atom. The second-order valence-corrected chi connectivity index (χ2v) is 3.22. The van der Waals surface area contributed by atoms with E-state index in [0.717, 1.165) is 0 Å². The lowest BCUT2D eigenvalue weighted by atomic mass is 10.1. The zero-order valence-corrected chi connectivity index (χ0v) is 9.14. The van der Waals surface area contributed by atoms with Crippen molar-refractivity contribution in [3.05, 3.63) is 23.8 Å². The van der Waals surface area contributed by atoms with Crippen LogP contribution in [0.15, 0.2) is 18.2 Å². The largest absolute Gasteiger partial charge is 0.508 e. The molecular formula is C11H14O5. The molecule has 1 aromatic rings. The number of carbonyl (C=O) groups is 1. The van der Waals surface area contributed by atoms with Crippen molar-refractivity contribution >= 4 is 5.97 Å². The van der Waals surface area contributed by atoms with Crippen LogP contribution in [0.5, 0.6) is 11.5 Å². The number of carbonyl (C=O) groups excluding carboxylic acids is 1. The number of rotatable bonds is 4. The van der Waals surface area contributed by atoms with Crippen LogP contribution in [0.2, 0.25) is 0 Å². The van der Waals surface area contributed by atoms with Gasteiger partial charge in [0, 0.05) is 11.6 Å². The number of phenols is 1. The lowest BCUT2D eigenvalue weighted by Gasteiger charge is -2.13. The molecule has 0 aliphatic rings. The van der Waals surface area contributed by atoms with Crippen LogP contribution in [0.1, 0.15) is 18.1 Å². The van der Waals surface area contributed by atoms with Crippen molar-refractivity contribution < 1.29 is 24.5 Å². The quantitative estimate of drug-likeness (QED) is 0.749. The van der Waals surface area contributed by atoms with E-state index in [1.54, 1.807) is 0 Å². The summed E-state index contributed by atoms with van der Waals surface area (Å²) in [6, 6.07) is 4.29. The third-order valence-corrected chi connectivity index (χ3v) is 2.16. The summed E-state index contributed by atoms with van der Waals surface area (Å²) in [6.07, 6.45) is -1.17. The average molecular weight is 226 g/mol. The molecule has 0 amide bonds. The van der Waals surface area contributed by atoms with Crippen LogP contribution >= 0.6 is 0 Å². The molecule has 0 aliphatic heterocycles. The molecule has 0 radical (unpaired) electrons. The van der Waals surface area contributed by atoms with E-state index in [1.807, 2.05) is 0 Å². The summed E-state index contributed by atoms with van der Waals surface area (Å²) in [4.78, 5) is 11.0. The van der Waals surface area contributed by atoms with Crippen molar-refractivity contribution in [2.45, 2.75) is 12.5 Å². The van der Waals surface area contributed by atoms with Crippen molar-refractivity contribution in [2.24, 2.45) is 0 Å². The molecule has 0 bridgehead atoms. The van der Waals surface area contributed by atoms with Gasteiger partial charge in [-0.05, 0) is 12.1 Å². The van der Waals surface area contributed by atoms with Gasteiger partial charge < -0.3 is 19.7 Å². The van der Waals surface area contributed by atoms with Gasteiger partial charge in [0.25, 0.3) is 0 Å². The minimum atomic E-state index is -1.01. The molecule has 1 atom stereocenters. The summed E-state index contributed by atoms with van der Waals surface area (Å²) in [5.41, 5.74) is 0.436. The van der Waals surface area contributed by atoms with Crippen LogP contribution in [-0.2, 0) is 9.53 Å². The molecule has 0 saturated heterocycles. The highest BCUT2D eigenvalue weighted by Gasteiger charge is 2.17. The highest BCUT2D eigenvalue weighted by molar-refractivity contribution is 5.70. The van der Waals surface area contributed by atoms with Crippen molar-refractivity contribution in [3.8, 4) is 11.5 Å². The predicted molar refractivity (Wildman–Crippen MR) is 56.3 cm³/mol. The number of phenolic OH excluding ortho intramolecular Hbond substituents is 1. The molecule has 16 heavy (non-hydrogen) atoms. The van der Waals surface area contributed by atoms with E-state index in [0.29, 0.717) is 11.3 Å². The maximum absolute atomic E-state index is 11.0. The number of aliphatic hydroxyl groups excluding tert-OH is 1. The molecule has 2 N–H and O–H groups in total. The molecule has 5 heteroatoms. The first kappa shape index (κ1) is 12.3. The normalized spacial score (nSPS) is 11.9. The van der Waals surface area contributed by atoms with E-state index in [1.165, 1.54) is 32.4 Å². The first-order valence-corrected chi connectivity index (χ1v) is 4.70. The molecule has 0 aromatic heterocycles. The highest BCUT2D eigenvalue weighted by Crippen LogP contribution is 2.30. The molecule has 0 spiro atoms. The van der Waals surface area contributed by atoms with E-state index < -0.39 is 12.1 Å². The Hall–Kier alpha value is -1.75. The fraction of sp³-hybridized carbons (Fsp3) is 0.364. The lowest BCUT2D eigenvalue weighted by molar-refractivity contribution is -0.142. The van der Waals surface area contributed by atoms with Crippen molar-refractivity contribution in [3.63, 3.8) is 0 Å². The van der Waals surface area contributed by atoms with Crippen molar-refractivity contribution in [1.82, 2.24) is 0 Å². The fourth-order valence-electron chi connectivity index (χ4n) is 1.33. The minimum Gasteiger partial charge on any atom is -0.508 e. The third-order valence-electron chi connectivity index (χ3n) is 2.16.